The molecule has 0 spiro atoms. The summed E-state index contributed by atoms with van der Waals surface area (Å²) in [6.45, 7) is 0.390. The smallest absolute Gasteiger partial charge is 0.237 e. The summed E-state index contributed by atoms with van der Waals surface area (Å²) in [6, 6.07) is 3.75. The summed E-state index contributed by atoms with van der Waals surface area (Å²) in [5.74, 6) is -0.369. The Bertz CT molecular complexity index is 591. The lowest BCUT2D eigenvalue weighted by molar-refractivity contribution is -0.129. The third-order valence-electron chi connectivity index (χ3n) is 3.49. The quantitative estimate of drug-likeness (QED) is 0.726. The van der Waals surface area contributed by atoms with E-state index in [0.29, 0.717) is 13.0 Å². The molecular weight excluding hydrogens is 294 g/mol. The number of β-amino-alcohol motifs (C(OH)–C–C–N with tert-alkyl or cyclic N) is 1. The van der Waals surface area contributed by atoms with Crippen LogP contribution in [0.4, 0.5) is 0 Å². The maximum Gasteiger partial charge on any atom is 0.237 e. The van der Waals surface area contributed by atoms with E-state index in [9.17, 15) is 18.3 Å². The van der Waals surface area contributed by atoms with Crippen LogP contribution in [0.5, 0.6) is 0 Å². The minimum atomic E-state index is -3.39. The molecule has 0 aromatic carbocycles. The minimum absolute atomic E-state index is 0.0467. The Kier molecular flexibility index (Phi) is 4.92. The molecule has 21 heavy (non-hydrogen) atoms. The number of rotatable bonds is 5. The number of likely N-dealkylation sites (tertiary alicyclic amines) is 1. The van der Waals surface area contributed by atoms with E-state index in [1.54, 1.807) is 12.4 Å². The lowest BCUT2D eigenvalue weighted by Crippen LogP contribution is -2.39. The molecule has 1 fully saturated rings. The first-order valence-corrected chi connectivity index (χ1v) is 8.53. The van der Waals surface area contributed by atoms with Gasteiger partial charge in [-0.1, -0.05) is 0 Å². The van der Waals surface area contributed by atoms with Crippen molar-refractivity contribution in [1.29, 1.82) is 0 Å². The van der Waals surface area contributed by atoms with Crippen molar-refractivity contribution in [3.8, 4) is 0 Å². The molecule has 116 valence electrons. The molecule has 0 radical (unpaired) electrons. The van der Waals surface area contributed by atoms with E-state index in [2.05, 4.69) is 9.71 Å². The molecule has 1 aliphatic heterocycles. The normalized spacial score (nSPS) is 22.5. The highest BCUT2D eigenvalue weighted by Crippen LogP contribution is 2.21. The Morgan fingerprint density at radius 2 is 2.10 bits per heavy atom. The molecule has 0 aliphatic carbocycles. The SMILES string of the molecule is CS(=O)(=O)NCC(=O)N1C[C@@H](Cc2ccncc2)[C@H](O)C1. The van der Waals surface area contributed by atoms with Crippen LogP contribution in [-0.2, 0) is 21.2 Å². The molecule has 1 amide bonds. The van der Waals surface area contributed by atoms with Crippen molar-refractivity contribution in [3.63, 3.8) is 0 Å². The molecule has 2 heterocycles. The number of nitrogens with zero attached hydrogens (tertiary/aromatic N) is 2. The minimum Gasteiger partial charge on any atom is -0.391 e. The third kappa shape index (κ3) is 4.76. The molecule has 1 aromatic heterocycles. The molecule has 1 aliphatic rings. The van der Waals surface area contributed by atoms with Crippen molar-refractivity contribution in [2.45, 2.75) is 12.5 Å². The Morgan fingerprint density at radius 3 is 2.71 bits per heavy atom. The van der Waals surface area contributed by atoms with Gasteiger partial charge in [0.2, 0.25) is 15.9 Å². The number of carbonyl (C=O) groups is 1. The van der Waals surface area contributed by atoms with Crippen LogP contribution in [0.15, 0.2) is 24.5 Å². The van der Waals surface area contributed by atoms with Gasteiger partial charge < -0.3 is 10.0 Å². The number of aliphatic hydroxyl groups excluding tert-OH is 1. The number of pyridine rings is 1. The van der Waals surface area contributed by atoms with E-state index < -0.39 is 16.1 Å². The number of aromatic nitrogens is 1. The maximum atomic E-state index is 11.9. The predicted octanol–water partition coefficient (Wildman–Crippen LogP) is -1.01. The first-order chi connectivity index (χ1) is 9.85. The van der Waals surface area contributed by atoms with Crippen LogP contribution in [0.2, 0.25) is 0 Å². The standard InChI is InChI=1S/C13H19N3O4S/c1-21(19,20)15-7-13(18)16-8-11(12(17)9-16)6-10-2-4-14-5-3-10/h2-5,11-12,15,17H,6-9H2,1H3/t11-,12-/m1/s1. The van der Waals surface area contributed by atoms with Crippen molar-refractivity contribution < 1.29 is 18.3 Å². The van der Waals surface area contributed by atoms with Crippen LogP contribution in [0.3, 0.4) is 0 Å². The van der Waals surface area contributed by atoms with Crippen molar-refractivity contribution in [3.05, 3.63) is 30.1 Å². The van der Waals surface area contributed by atoms with E-state index in [1.807, 2.05) is 12.1 Å². The molecule has 2 N–H and O–H groups in total. The summed E-state index contributed by atoms with van der Waals surface area (Å²) in [7, 11) is -3.39. The fourth-order valence-electron chi connectivity index (χ4n) is 2.38. The largest absolute Gasteiger partial charge is 0.391 e. The first kappa shape index (κ1) is 15.9. The Labute approximate surface area is 124 Å². The Morgan fingerprint density at radius 1 is 1.43 bits per heavy atom. The van der Waals surface area contributed by atoms with Crippen molar-refractivity contribution >= 4 is 15.9 Å². The van der Waals surface area contributed by atoms with Gasteiger partial charge in [0.05, 0.1) is 18.9 Å². The molecule has 2 rings (SSSR count). The van der Waals surface area contributed by atoms with Crippen LogP contribution in [0, 0.1) is 5.92 Å². The molecule has 0 saturated carbocycles. The van der Waals surface area contributed by atoms with E-state index in [4.69, 9.17) is 0 Å². The van der Waals surface area contributed by atoms with Gasteiger partial charge in [0.1, 0.15) is 0 Å². The molecule has 1 saturated heterocycles. The maximum absolute atomic E-state index is 11.9. The van der Waals surface area contributed by atoms with Gasteiger partial charge in [0.15, 0.2) is 0 Å². The molecular formula is C13H19N3O4S. The second kappa shape index (κ2) is 6.50. The second-order valence-corrected chi connectivity index (χ2v) is 7.11. The summed E-state index contributed by atoms with van der Waals surface area (Å²) in [4.78, 5) is 17.3. The van der Waals surface area contributed by atoms with Crippen LogP contribution >= 0.6 is 0 Å². The Hall–Kier alpha value is -1.51. The van der Waals surface area contributed by atoms with Gasteiger partial charge in [-0.15, -0.1) is 0 Å². The van der Waals surface area contributed by atoms with Gasteiger partial charge in [0, 0.05) is 31.4 Å². The third-order valence-corrected chi connectivity index (χ3v) is 4.16. The Balaban J connectivity index is 1.90. The summed E-state index contributed by atoms with van der Waals surface area (Å²) in [6.07, 6.45) is 4.45. The predicted molar refractivity (Wildman–Crippen MR) is 76.9 cm³/mol. The fourth-order valence-corrected chi connectivity index (χ4v) is 2.77. The molecule has 1 aromatic rings. The van der Waals surface area contributed by atoms with Gasteiger partial charge in [0.25, 0.3) is 0 Å². The summed E-state index contributed by atoms with van der Waals surface area (Å²) in [5.41, 5.74) is 1.05. The van der Waals surface area contributed by atoms with Crippen LogP contribution in [0.25, 0.3) is 0 Å². The number of hydrogen-bond acceptors (Lipinski definition) is 5. The van der Waals surface area contributed by atoms with E-state index in [1.165, 1.54) is 4.90 Å². The molecule has 8 heteroatoms. The average Bonchev–Trinajstić information content (AvgIpc) is 2.78. The second-order valence-electron chi connectivity index (χ2n) is 5.28. The number of sulfonamides is 1. The highest BCUT2D eigenvalue weighted by Gasteiger charge is 2.33. The van der Waals surface area contributed by atoms with Crippen molar-refractivity contribution in [2.75, 3.05) is 25.9 Å². The number of amides is 1. The topological polar surface area (TPSA) is 99.6 Å². The van der Waals surface area contributed by atoms with Gasteiger partial charge in [-0.2, -0.15) is 0 Å². The van der Waals surface area contributed by atoms with Crippen molar-refractivity contribution in [2.24, 2.45) is 5.92 Å². The zero-order valence-electron chi connectivity index (χ0n) is 11.8. The lowest BCUT2D eigenvalue weighted by atomic mass is 9.97. The van der Waals surface area contributed by atoms with Crippen molar-refractivity contribution in [1.82, 2.24) is 14.6 Å². The fraction of sp³-hybridized carbons (Fsp3) is 0.538. The highest BCUT2D eigenvalue weighted by molar-refractivity contribution is 7.88. The lowest BCUT2D eigenvalue weighted by Gasteiger charge is -2.16. The van der Waals surface area contributed by atoms with Gasteiger partial charge in [-0.05, 0) is 24.1 Å². The monoisotopic (exact) mass is 313 g/mol. The van der Waals surface area contributed by atoms with E-state index >= 15 is 0 Å². The average molecular weight is 313 g/mol. The van der Waals surface area contributed by atoms with Crippen LogP contribution in [0.1, 0.15) is 5.56 Å². The van der Waals surface area contributed by atoms with E-state index in [-0.39, 0.29) is 24.9 Å². The summed E-state index contributed by atoms with van der Waals surface area (Å²) < 4.78 is 24.1. The molecule has 2 atom stereocenters. The van der Waals surface area contributed by atoms with Crippen LogP contribution < -0.4 is 4.72 Å². The number of nitrogens with one attached hydrogen (secondary N) is 1. The summed E-state index contributed by atoms with van der Waals surface area (Å²) >= 11 is 0. The first-order valence-electron chi connectivity index (χ1n) is 6.64. The number of carbonyl (C=O) groups excluding carboxylic acids is 1. The van der Waals surface area contributed by atoms with Gasteiger partial charge in [-0.3, -0.25) is 9.78 Å². The molecule has 0 bridgehead atoms. The van der Waals surface area contributed by atoms with E-state index in [0.717, 1.165) is 11.8 Å². The zero-order valence-corrected chi connectivity index (χ0v) is 12.6. The summed E-state index contributed by atoms with van der Waals surface area (Å²) in [5, 5.41) is 10.0. The van der Waals surface area contributed by atoms with Gasteiger partial charge >= 0.3 is 0 Å². The number of aliphatic hydroxyl groups is 1. The van der Waals surface area contributed by atoms with Gasteiger partial charge in [-0.25, -0.2) is 13.1 Å². The zero-order chi connectivity index (χ0) is 15.5. The molecule has 7 nitrogen and oxygen atoms in total. The van der Waals surface area contributed by atoms with Crippen LogP contribution in [-0.4, -0.2) is 61.3 Å². The molecule has 0 unspecified atom stereocenters. The highest BCUT2D eigenvalue weighted by atomic mass is 32.2. The number of hydrogen-bond donors (Lipinski definition) is 2.